The van der Waals surface area contributed by atoms with Crippen LogP contribution in [0.2, 0.25) is 0 Å². The molecule has 0 aromatic rings. The van der Waals surface area contributed by atoms with Crippen LogP contribution in [0.1, 0.15) is 70.6 Å². The summed E-state index contributed by atoms with van der Waals surface area (Å²) in [5.41, 5.74) is 5.34. The molecule has 1 aliphatic rings. The van der Waals surface area contributed by atoms with Gasteiger partial charge in [-0.05, 0) is 12.8 Å². The summed E-state index contributed by atoms with van der Waals surface area (Å²) in [5.74, 6) is -0.330. The maximum atomic E-state index is 11.2. The average Bonchev–Trinajstić information content (AvgIpc) is 2.36. The van der Waals surface area contributed by atoms with Crippen LogP contribution in [0, 0.1) is 0 Å². The van der Waals surface area contributed by atoms with Crippen molar-refractivity contribution in [2.45, 2.75) is 76.7 Å². The van der Waals surface area contributed by atoms with E-state index < -0.39 is 6.04 Å². The van der Waals surface area contributed by atoms with Crippen LogP contribution in [0.15, 0.2) is 10.2 Å². The molecule has 0 saturated carbocycles. The second-order valence-corrected chi connectivity index (χ2v) is 5.22. The summed E-state index contributed by atoms with van der Waals surface area (Å²) >= 11 is 0. The lowest BCUT2D eigenvalue weighted by atomic mass is 10.0. The molecule has 18 heavy (non-hydrogen) atoms. The Morgan fingerprint density at radius 1 is 0.833 bits per heavy atom. The Morgan fingerprint density at radius 2 is 1.33 bits per heavy atom. The molecule has 0 aliphatic carbocycles. The lowest BCUT2D eigenvalue weighted by Crippen LogP contribution is -2.26. The monoisotopic (exact) mass is 253 g/mol. The summed E-state index contributed by atoms with van der Waals surface area (Å²) in [6.07, 6.45) is 13.2. The molecule has 0 aromatic heterocycles. The van der Waals surface area contributed by atoms with E-state index in [1.54, 1.807) is 0 Å². The smallest absolute Gasteiger partial charge is 0.244 e. The van der Waals surface area contributed by atoms with Crippen LogP contribution >= 0.6 is 0 Å². The largest absolute Gasteiger partial charge is 0.368 e. The van der Waals surface area contributed by atoms with Crippen LogP contribution in [-0.4, -0.2) is 18.5 Å². The maximum Gasteiger partial charge on any atom is 0.244 e. The average molecular weight is 253 g/mol. The van der Waals surface area contributed by atoms with E-state index in [0.29, 0.717) is 0 Å². The Balaban J connectivity index is 2.35. The molecule has 1 amide bonds. The highest BCUT2D eigenvalue weighted by Gasteiger charge is 2.13. The van der Waals surface area contributed by atoms with Crippen molar-refractivity contribution in [3.05, 3.63) is 0 Å². The molecule has 104 valence electrons. The minimum Gasteiger partial charge on any atom is -0.368 e. The number of amides is 1. The molecule has 0 fully saturated rings. The van der Waals surface area contributed by atoms with Gasteiger partial charge in [0.2, 0.25) is 5.91 Å². The third-order valence-electron chi connectivity index (χ3n) is 3.54. The van der Waals surface area contributed by atoms with Crippen molar-refractivity contribution in [3.8, 4) is 0 Å². The number of rotatable bonds is 1. The Bertz CT molecular complexity index is 253. The van der Waals surface area contributed by atoms with Gasteiger partial charge in [-0.15, -0.1) is 0 Å². The second-order valence-electron chi connectivity index (χ2n) is 5.22. The molecule has 1 heterocycles. The van der Waals surface area contributed by atoms with E-state index >= 15 is 0 Å². The zero-order valence-electron chi connectivity index (χ0n) is 11.4. The quantitative estimate of drug-likeness (QED) is 0.762. The lowest BCUT2D eigenvalue weighted by molar-refractivity contribution is -0.119. The van der Waals surface area contributed by atoms with Crippen LogP contribution in [0.25, 0.3) is 0 Å². The van der Waals surface area contributed by atoms with Crippen molar-refractivity contribution < 1.29 is 4.79 Å². The Morgan fingerprint density at radius 3 is 1.89 bits per heavy atom. The lowest BCUT2D eigenvalue weighted by Gasteiger charge is -2.06. The maximum absolute atomic E-state index is 11.2. The number of carbonyl (C=O) groups is 1. The minimum atomic E-state index is -0.393. The zero-order valence-corrected chi connectivity index (χ0v) is 11.4. The molecular formula is C14H27N3O. The van der Waals surface area contributed by atoms with Crippen LogP contribution in [0.5, 0.6) is 0 Å². The first kappa shape index (κ1) is 15.1. The van der Waals surface area contributed by atoms with E-state index in [1.165, 1.54) is 51.4 Å². The van der Waals surface area contributed by atoms with Gasteiger partial charge in [-0.2, -0.15) is 10.2 Å². The molecule has 0 spiro atoms. The summed E-state index contributed by atoms with van der Waals surface area (Å²) in [4.78, 5) is 11.2. The summed E-state index contributed by atoms with van der Waals surface area (Å²) in [5, 5.41) is 8.19. The SMILES string of the molecule is NC(=O)C1CCCCCCCCCCCCN=N1. The molecule has 1 rings (SSSR count). The topological polar surface area (TPSA) is 67.8 Å². The second kappa shape index (κ2) is 10.0. The molecule has 4 heteroatoms. The number of primary amides is 1. The number of hydrogen-bond acceptors (Lipinski definition) is 3. The van der Waals surface area contributed by atoms with Crippen molar-refractivity contribution >= 4 is 5.91 Å². The molecule has 1 atom stereocenters. The Labute approximate surface area is 110 Å². The van der Waals surface area contributed by atoms with Crippen LogP contribution in [0.4, 0.5) is 0 Å². The summed E-state index contributed by atoms with van der Waals surface area (Å²) < 4.78 is 0. The van der Waals surface area contributed by atoms with Gasteiger partial charge in [0.05, 0.1) is 6.54 Å². The van der Waals surface area contributed by atoms with E-state index in [1.807, 2.05) is 0 Å². The predicted molar refractivity (Wildman–Crippen MR) is 73.5 cm³/mol. The predicted octanol–water partition coefficient (Wildman–Crippen LogP) is 3.60. The number of azo groups is 1. The zero-order chi connectivity index (χ0) is 13.1. The van der Waals surface area contributed by atoms with Crippen LogP contribution in [0.3, 0.4) is 0 Å². The molecule has 1 unspecified atom stereocenters. The van der Waals surface area contributed by atoms with Crippen LogP contribution < -0.4 is 5.73 Å². The van der Waals surface area contributed by atoms with Crippen molar-refractivity contribution in [2.75, 3.05) is 6.54 Å². The summed E-state index contributed by atoms with van der Waals surface area (Å²) in [7, 11) is 0. The van der Waals surface area contributed by atoms with Gasteiger partial charge in [-0.3, -0.25) is 4.79 Å². The molecule has 2 N–H and O–H groups in total. The fourth-order valence-corrected chi connectivity index (χ4v) is 2.35. The fourth-order valence-electron chi connectivity index (χ4n) is 2.35. The molecule has 4 nitrogen and oxygen atoms in total. The highest BCUT2D eigenvalue weighted by Crippen LogP contribution is 2.14. The number of carbonyl (C=O) groups excluding carboxylic acids is 1. The first-order valence-electron chi connectivity index (χ1n) is 7.46. The highest BCUT2D eigenvalue weighted by atomic mass is 16.1. The van der Waals surface area contributed by atoms with Gasteiger partial charge in [-0.1, -0.05) is 57.8 Å². The minimum absolute atomic E-state index is 0.330. The van der Waals surface area contributed by atoms with Crippen molar-refractivity contribution in [1.82, 2.24) is 0 Å². The van der Waals surface area contributed by atoms with E-state index in [-0.39, 0.29) is 5.91 Å². The van der Waals surface area contributed by atoms with Crippen molar-refractivity contribution in [3.63, 3.8) is 0 Å². The van der Waals surface area contributed by atoms with Gasteiger partial charge in [0.1, 0.15) is 6.04 Å². The van der Waals surface area contributed by atoms with Crippen LogP contribution in [-0.2, 0) is 4.79 Å². The van der Waals surface area contributed by atoms with Gasteiger partial charge in [0.15, 0.2) is 0 Å². The highest BCUT2D eigenvalue weighted by molar-refractivity contribution is 5.79. The Kier molecular flexibility index (Phi) is 8.43. The van der Waals surface area contributed by atoms with E-state index in [0.717, 1.165) is 25.8 Å². The number of nitrogens with zero attached hydrogens (tertiary/aromatic N) is 2. The normalized spacial score (nSPS) is 25.0. The first-order chi connectivity index (χ1) is 8.80. The molecule has 0 saturated heterocycles. The standard InChI is InChI=1S/C14H27N3O/c15-14(18)13-11-9-7-5-3-1-2-4-6-8-10-12-16-17-13/h13H,1-12H2,(H2,15,18). The third kappa shape index (κ3) is 7.41. The molecule has 1 aliphatic heterocycles. The van der Waals surface area contributed by atoms with E-state index in [2.05, 4.69) is 10.2 Å². The van der Waals surface area contributed by atoms with Gasteiger partial charge in [0.25, 0.3) is 0 Å². The summed E-state index contributed by atoms with van der Waals surface area (Å²) in [6, 6.07) is -0.393. The molecule has 0 radical (unpaired) electrons. The number of nitrogens with two attached hydrogens (primary N) is 1. The van der Waals surface area contributed by atoms with Gasteiger partial charge in [-0.25, -0.2) is 0 Å². The third-order valence-corrected chi connectivity index (χ3v) is 3.54. The van der Waals surface area contributed by atoms with Gasteiger partial charge in [0, 0.05) is 0 Å². The van der Waals surface area contributed by atoms with Crippen molar-refractivity contribution in [2.24, 2.45) is 16.0 Å². The summed E-state index contributed by atoms with van der Waals surface area (Å²) in [6.45, 7) is 0.740. The molecular weight excluding hydrogens is 226 g/mol. The molecule has 0 aromatic carbocycles. The van der Waals surface area contributed by atoms with Gasteiger partial charge < -0.3 is 5.73 Å². The van der Waals surface area contributed by atoms with E-state index in [9.17, 15) is 4.79 Å². The Hall–Kier alpha value is -0.930. The fraction of sp³-hybridized carbons (Fsp3) is 0.929. The van der Waals surface area contributed by atoms with Gasteiger partial charge >= 0.3 is 0 Å². The first-order valence-corrected chi connectivity index (χ1v) is 7.46. The van der Waals surface area contributed by atoms with E-state index in [4.69, 9.17) is 5.73 Å². The molecule has 0 bridgehead atoms. The number of hydrogen-bond donors (Lipinski definition) is 1. The van der Waals surface area contributed by atoms with Crippen molar-refractivity contribution in [1.29, 1.82) is 0 Å².